The van der Waals surface area contributed by atoms with E-state index >= 15 is 0 Å². The molecule has 0 aliphatic rings. The Labute approximate surface area is 107 Å². The van der Waals surface area contributed by atoms with Crippen LogP contribution in [0.15, 0.2) is 6.20 Å². The number of aromatic nitrogens is 1. The molecule has 3 nitrogen and oxygen atoms in total. The fourth-order valence-corrected chi connectivity index (χ4v) is 2.03. The van der Waals surface area contributed by atoms with Crippen LogP contribution in [-0.4, -0.2) is 17.6 Å². The third-order valence-corrected chi connectivity index (χ3v) is 2.77. The third kappa shape index (κ3) is 3.21. The lowest BCUT2D eigenvalue weighted by Crippen LogP contribution is -2.20. The maximum atomic E-state index is 12.1. The summed E-state index contributed by atoms with van der Waals surface area (Å²) in [6.45, 7) is 0. The van der Waals surface area contributed by atoms with E-state index in [9.17, 15) is 18.0 Å². The second-order valence-electron chi connectivity index (χ2n) is 2.60. The van der Waals surface area contributed by atoms with E-state index in [2.05, 4.69) is 9.72 Å². The Morgan fingerprint density at radius 2 is 2.19 bits per heavy atom. The van der Waals surface area contributed by atoms with E-state index in [4.69, 9.17) is 11.6 Å². The van der Waals surface area contributed by atoms with Crippen molar-refractivity contribution >= 4 is 40.5 Å². The molecule has 1 rings (SSSR count). The quantitative estimate of drug-likeness (QED) is 0.469. The highest BCUT2D eigenvalue weighted by Crippen LogP contribution is 2.32. The van der Waals surface area contributed by atoms with E-state index in [1.54, 1.807) is 22.6 Å². The van der Waals surface area contributed by atoms with Crippen molar-refractivity contribution in [2.75, 3.05) is 0 Å². The van der Waals surface area contributed by atoms with E-state index in [-0.39, 0.29) is 17.7 Å². The molecule has 8 heteroatoms. The Kier molecular flexibility index (Phi) is 4.36. The number of aldehydes is 1. The van der Waals surface area contributed by atoms with Gasteiger partial charge < -0.3 is 4.74 Å². The van der Waals surface area contributed by atoms with Gasteiger partial charge in [-0.3, -0.25) is 4.79 Å². The molecule has 0 aromatic carbocycles. The van der Waals surface area contributed by atoms with Crippen molar-refractivity contribution in [1.82, 2.24) is 4.98 Å². The lowest BCUT2D eigenvalue weighted by Gasteiger charge is -2.14. The van der Waals surface area contributed by atoms with Crippen molar-refractivity contribution < 1.29 is 22.7 Å². The van der Waals surface area contributed by atoms with Gasteiger partial charge >= 0.3 is 6.36 Å². The van der Waals surface area contributed by atoms with Crippen molar-refractivity contribution in [2.45, 2.75) is 12.2 Å². The van der Waals surface area contributed by atoms with Crippen LogP contribution in [0.4, 0.5) is 13.2 Å². The zero-order valence-electron chi connectivity index (χ0n) is 7.52. The molecule has 0 amide bonds. The van der Waals surface area contributed by atoms with Crippen molar-refractivity contribution in [1.29, 1.82) is 0 Å². The molecular formula is C8H4ClF3INO2. The fourth-order valence-electron chi connectivity index (χ4n) is 0.964. The van der Waals surface area contributed by atoms with Gasteiger partial charge in [0.2, 0.25) is 0 Å². The minimum atomic E-state index is -4.88. The van der Waals surface area contributed by atoms with Gasteiger partial charge in [0.05, 0.1) is 5.88 Å². The summed E-state index contributed by atoms with van der Waals surface area (Å²) in [6.07, 6.45) is -3.44. The second kappa shape index (κ2) is 5.17. The Morgan fingerprint density at radius 3 is 2.62 bits per heavy atom. The Balaban J connectivity index is 3.31. The highest BCUT2D eigenvalue weighted by atomic mass is 127. The Morgan fingerprint density at radius 1 is 1.56 bits per heavy atom. The Bertz CT molecular complexity index is 411. The largest absolute Gasteiger partial charge is 0.573 e. The van der Waals surface area contributed by atoms with Crippen molar-refractivity contribution in [3.8, 4) is 5.75 Å². The molecule has 0 unspecified atom stereocenters. The molecule has 0 aliphatic heterocycles. The molecular weight excluding hydrogens is 361 g/mol. The number of carbonyl (C=O) groups is 1. The second-order valence-corrected chi connectivity index (χ2v) is 4.03. The van der Waals surface area contributed by atoms with Gasteiger partial charge in [0.1, 0.15) is 5.69 Å². The van der Waals surface area contributed by atoms with Gasteiger partial charge in [0.15, 0.2) is 12.0 Å². The van der Waals surface area contributed by atoms with Crippen LogP contribution in [0, 0.1) is 3.57 Å². The van der Waals surface area contributed by atoms with E-state index in [1.807, 2.05) is 0 Å². The maximum Gasteiger partial charge on any atom is 0.573 e. The van der Waals surface area contributed by atoms with Crippen molar-refractivity contribution in [3.63, 3.8) is 0 Å². The summed E-state index contributed by atoms with van der Waals surface area (Å²) in [6, 6.07) is 0. The average Bonchev–Trinajstić information content (AvgIpc) is 2.16. The first-order valence-electron chi connectivity index (χ1n) is 3.83. The van der Waals surface area contributed by atoms with Gasteiger partial charge in [0, 0.05) is 15.3 Å². The predicted octanol–water partition coefficient (Wildman–Crippen LogP) is 3.14. The number of nitrogens with zero attached hydrogens (tertiary/aromatic N) is 1. The van der Waals surface area contributed by atoms with E-state index in [0.717, 1.165) is 0 Å². The van der Waals surface area contributed by atoms with Crippen LogP contribution >= 0.6 is 34.2 Å². The first-order chi connectivity index (χ1) is 7.39. The van der Waals surface area contributed by atoms with Crippen molar-refractivity contribution in [3.05, 3.63) is 21.0 Å². The molecule has 0 N–H and O–H groups in total. The van der Waals surface area contributed by atoms with Gasteiger partial charge in [-0.25, -0.2) is 4.98 Å². The zero-order valence-corrected chi connectivity index (χ0v) is 10.4. The lowest BCUT2D eigenvalue weighted by molar-refractivity contribution is -0.275. The molecule has 0 spiro atoms. The number of pyridine rings is 1. The number of halogens is 5. The van der Waals surface area contributed by atoms with Crippen LogP contribution in [0.25, 0.3) is 0 Å². The van der Waals surface area contributed by atoms with Crippen LogP contribution in [-0.2, 0) is 5.88 Å². The molecule has 0 bridgehead atoms. The summed E-state index contributed by atoms with van der Waals surface area (Å²) in [7, 11) is 0. The molecule has 1 aromatic rings. The summed E-state index contributed by atoms with van der Waals surface area (Å²) in [5.74, 6) is -0.836. The number of carbonyl (C=O) groups excluding carboxylic acids is 1. The molecule has 0 aliphatic carbocycles. The van der Waals surface area contributed by atoms with E-state index in [1.165, 1.54) is 6.20 Å². The van der Waals surface area contributed by atoms with E-state index in [0.29, 0.717) is 3.57 Å². The maximum absolute atomic E-state index is 12.1. The topological polar surface area (TPSA) is 39.2 Å². The highest BCUT2D eigenvalue weighted by Gasteiger charge is 2.34. The standard InChI is InChI=1S/C8H4ClF3INO2/c9-1-4-5(13)2-14-6(3-15)7(4)16-8(10,11)12/h2-3H,1H2. The lowest BCUT2D eigenvalue weighted by atomic mass is 10.2. The van der Waals surface area contributed by atoms with Gasteiger partial charge in [-0.05, 0) is 22.6 Å². The molecule has 16 heavy (non-hydrogen) atoms. The third-order valence-electron chi connectivity index (χ3n) is 1.58. The Hall–Kier alpha value is -0.570. The molecule has 1 aromatic heterocycles. The summed E-state index contributed by atoms with van der Waals surface area (Å²) in [5, 5.41) is 0. The van der Waals surface area contributed by atoms with E-state index < -0.39 is 17.8 Å². The molecule has 0 saturated carbocycles. The summed E-state index contributed by atoms with van der Waals surface area (Å²) < 4.78 is 40.4. The number of ether oxygens (including phenoxy) is 1. The first kappa shape index (κ1) is 13.5. The smallest absolute Gasteiger partial charge is 0.403 e. The number of rotatable bonds is 3. The number of hydrogen-bond acceptors (Lipinski definition) is 3. The van der Waals surface area contributed by atoms with Gasteiger partial charge in [0.25, 0.3) is 0 Å². The molecule has 0 saturated heterocycles. The predicted molar refractivity (Wildman–Crippen MR) is 58.6 cm³/mol. The minimum Gasteiger partial charge on any atom is -0.403 e. The van der Waals surface area contributed by atoms with Gasteiger partial charge in [-0.15, -0.1) is 24.8 Å². The molecule has 0 radical (unpaired) electrons. The van der Waals surface area contributed by atoms with Gasteiger partial charge in [-0.2, -0.15) is 0 Å². The number of hydrogen-bond donors (Lipinski definition) is 0. The summed E-state index contributed by atoms with van der Waals surface area (Å²) >= 11 is 7.26. The van der Waals surface area contributed by atoms with Crippen LogP contribution in [0.2, 0.25) is 0 Å². The fraction of sp³-hybridized carbons (Fsp3) is 0.250. The van der Waals surface area contributed by atoms with Crippen LogP contribution in [0.1, 0.15) is 16.1 Å². The minimum absolute atomic E-state index is 0.0942. The monoisotopic (exact) mass is 365 g/mol. The normalized spacial score (nSPS) is 11.3. The molecule has 1 heterocycles. The van der Waals surface area contributed by atoms with Crippen molar-refractivity contribution in [2.24, 2.45) is 0 Å². The van der Waals surface area contributed by atoms with Crippen LogP contribution < -0.4 is 4.74 Å². The average molecular weight is 365 g/mol. The van der Waals surface area contributed by atoms with Gasteiger partial charge in [-0.1, -0.05) is 0 Å². The highest BCUT2D eigenvalue weighted by molar-refractivity contribution is 14.1. The summed E-state index contributed by atoms with van der Waals surface area (Å²) in [5.41, 5.74) is -0.329. The summed E-state index contributed by atoms with van der Waals surface area (Å²) in [4.78, 5) is 14.1. The molecule has 0 fully saturated rings. The number of alkyl halides is 4. The van der Waals surface area contributed by atoms with Crippen LogP contribution in [0.5, 0.6) is 5.75 Å². The first-order valence-corrected chi connectivity index (χ1v) is 5.44. The zero-order chi connectivity index (χ0) is 12.3. The SMILES string of the molecule is O=Cc1ncc(I)c(CCl)c1OC(F)(F)F. The van der Waals surface area contributed by atoms with Crippen LogP contribution in [0.3, 0.4) is 0 Å². The molecule has 88 valence electrons. The molecule has 0 atom stereocenters.